The first-order chi connectivity index (χ1) is 18.5. The average Bonchev–Trinajstić information content (AvgIpc) is 3.50. The normalized spacial score (nSPS) is 13.7. The van der Waals surface area contributed by atoms with Gasteiger partial charge in [0.25, 0.3) is 0 Å². The number of halogens is 2. The van der Waals surface area contributed by atoms with Gasteiger partial charge in [0, 0.05) is 38.4 Å². The van der Waals surface area contributed by atoms with E-state index in [2.05, 4.69) is 81.2 Å². The molecule has 6 rings (SSSR count). The van der Waals surface area contributed by atoms with Gasteiger partial charge in [-0.2, -0.15) is 0 Å². The van der Waals surface area contributed by atoms with Gasteiger partial charge in [-0.3, -0.25) is 0 Å². The maximum absolute atomic E-state index is 6.27. The van der Waals surface area contributed by atoms with E-state index in [1.54, 1.807) is 21.3 Å². The van der Waals surface area contributed by atoms with Crippen molar-refractivity contribution in [1.29, 1.82) is 0 Å². The molecule has 0 bridgehead atoms. The summed E-state index contributed by atoms with van der Waals surface area (Å²) in [5.74, 6) is 2.29. The van der Waals surface area contributed by atoms with Crippen LogP contribution in [0.5, 0.6) is 17.2 Å². The Bertz CT molecular complexity index is 1620. The molecule has 1 atom stereocenters. The zero-order valence-corrected chi connectivity index (χ0v) is 23.5. The van der Waals surface area contributed by atoms with Crippen molar-refractivity contribution in [2.45, 2.75) is 5.92 Å². The highest BCUT2D eigenvalue weighted by atomic mass is 79.9. The van der Waals surface area contributed by atoms with Crippen LogP contribution in [0.4, 0.5) is 0 Å². The lowest BCUT2D eigenvalue weighted by Crippen LogP contribution is -2.03. The predicted molar refractivity (Wildman–Crippen MR) is 156 cm³/mol. The lowest BCUT2D eigenvalue weighted by Gasteiger charge is -2.18. The highest BCUT2D eigenvalue weighted by Gasteiger charge is 2.38. The van der Waals surface area contributed by atoms with E-state index < -0.39 is 0 Å². The van der Waals surface area contributed by atoms with E-state index in [4.69, 9.17) is 25.8 Å². The molecule has 0 saturated heterocycles. The Morgan fingerprint density at radius 3 is 2.00 bits per heavy atom. The molecule has 1 aromatic heterocycles. The summed E-state index contributed by atoms with van der Waals surface area (Å²) in [5, 5.41) is 0.703. The number of hydrogen-bond acceptors (Lipinski definition) is 3. The fourth-order valence-electron chi connectivity index (χ4n) is 5.37. The third-order valence-electron chi connectivity index (χ3n) is 7.14. The average molecular weight is 587 g/mol. The van der Waals surface area contributed by atoms with Crippen LogP contribution in [-0.4, -0.2) is 25.9 Å². The first-order valence-corrected chi connectivity index (χ1v) is 13.4. The number of rotatable bonds is 6. The van der Waals surface area contributed by atoms with Crippen molar-refractivity contribution in [2.24, 2.45) is 0 Å². The second kappa shape index (κ2) is 9.90. The molecule has 6 heteroatoms. The van der Waals surface area contributed by atoms with Crippen molar-refractivity contribution in [1.82, 2.24) is 4.57 Å². The fourth-order valence-corrected chi connectivity index (χ4v) is 5.76. The third-order valence-corrected chi connectivity index (χ3v) is 7.92. The van der Waals surface area contributed by atoms with Crippen LogP contribution in [0.15, 0.2) is 95.5 Å². The van der Waals surface area contributed by atoms with E-state index in [1.807, 2.05) is 30.3 Å². The molecule has 0 N–H and O–H groups in total. The Morgan fingerprint density at radius 2 is 1.37 bits per heavy atom. The molecule has 1 unspecified atom stereocenters. The second-order valence-electron chi connectivity index (χ2n) is 9.15. The summed E-state index contributed by atoms with van der Waals surface area (Å²) in [6, 6.07) is 31.0. The van der Waals surface area contributed by atoms with E-state index in [1.165, 1.54) is 11.3 Å². The lowest BCUT2D eigenvalue weighted by atomic mass is 9.86. The van der Waals surface area contributed by atoms with Crippen molar-refractivity contribution in [3.8, 4) is 45.3 Å². The van der Waals surface area contributed by atoms with Crippen LogP contribution in [0, 0.1) is 0 Å². The standard InChI is InChI=1S/C32H25BrClNO3/c1-36-24-14-8-19(9-15-24)26-18-27(20-6-12-23(34)13-7-20)35-28-16-25(37-2)17-29(38-3)31(28)30(32(26)35)21-4-10-22(33)11-5-21/h4-18,30H,1-3H3. The van der Waals surface area contributed by atoms with Crippen LogP contribution in [0.3, 0.4) is 0 Å². The van der Waals surface area contributed by atoms with Crippen molar-refractivity contribution in [3.63, 3.8) is 0 Å². The molecule has 2 heterocycles. The van der Waals surface area contributed by atoms with Crippen molar-refractivity contribution < 1.29 is 14.2 Å². The highest BCUT2D eigenvalue weighted by Crippen LogP contribution is 2.54. The monoisotopic (exact) mass is 585 g/mol. The Labute approximate surface area is 235 Å². The molecule has 0 aliphatic carbocycles. The topological polar surface area (TPSA) is 32.6 Å². The van der Waals surface area contributed by atoms with Crippen LogP contribution < -0.4 is 14.2 Å². The van der Waals surface area contributed by atoms with Gasteiger partial charge >= 0.3 is 0 Å². The van der Waals surface area contributed by atoms with E-state index >= 15 is 0 Å². The van der Waals surface area contributed by atoms with Gasteiger partial charge in [0.1, 0.15) is 17.2 Å². The molecule has 4 aromatic carbocycles. The number of methoxy groups -OCH3 is 3. The largest absolute Gasteiger partial charge is 0.497 e. The Hall–Kier alpha value is -3.67. The summed E-state index contributed by atoms with van der Waals surface area (Å²) in [6.45, 7) is 0. The van der Waals surface area contributed by atoms with Gasteiger partial charge in [-0.05, 0) is 59.2 Å². The van der Waals surface area contributed by atoms with Gasteiger partial charge < -0.3 is 18.8 Å². The van der Waals surface area contributed by atoms with Gasteiger partial charge in [0.15, 0.2) is 0 Å². The van der Waals surface area contributed by atoms with E-state index in [0.717, 1.165) is 55.4 Å². The minimum Gasteiger partial charge on any atom is -0.497 e. The molecule has 0 radical (unpaired) electrons. The first kappa shape index (κ1) is 24.7. The number of ether oxygens (including phenoxy) is 3. The first-order valence-electron chi connectivity index (χ1n) is 12.2. The molecule has 1 aliphatic heterocycles. The number of nitrogens with zero attached hydrogens (tertiary/aromatic N) is 1. The Morgan fingerprint density at radius 1 is 0.711 bits per heavy atom. The quantitative estimate of drug-likeness (QED) is 0.196. The molecule has 0 spiro atoms. The molecule has 5 aromatic rings. The Kier molecular flexibility index (Phi) is 6.42. The summed E-state index contributed by atoms with van der Waals surface area (Å²) in [6.07, 6.45) is 0. The lowest BCUT2D eigenvalue weighted by molar-refractivity contribution is 0.391. The van der Waals surface area contributed by atoms with Gasteiger partial charge in [-0.15, -0.1) is 0 Å². The third kappa shape index (κ3) is 4.07. The van der Waals surface area contributed by atoms with E-state index in [-0.39, 0.29) is 5.92 Å². The summed E-state index contributed by atoms with van der Waals surface area (Å²) >= 11 is 9.87. The molecule has 0 amide bonds. The minimum atomic E-state index is -0.0582. The van der Waals surface area contributed by atoms with Crippen molar-refractivity contribution >= 4 is 27.5 Å². The number of fused-ring (bicyclic) bond motifs is 3. The molecular weight excluding hydrogens is 562 g/mol. The van der Waals surface area contributed by atoms with Crippen LogP contribution in [0.2, 0.25) is 5.02 Å². The van der Waals surface area contributed by atoms with E-state index in [0.29, 0.717) is 5.02 Å². The van der Waals surface area contributed by atoms with Crippen LogP contribution in [0.25, 0.3) is 28.1 Å². The van der Waals surface area contributed by atoms with Crippen LogP contribution >= 0.6 is 27.5 Å². The second-order valence-corrected chi connectivity index (χ2v) is 10.5. The summed E-state index contributed by atoms with van der Waals surface area (Å²) in [5.41, 5.74) is 8.87. The fraction of sp³-hybridized carbons (Fsp3) is 0.125. The zero-order valence-electron chi connectivity index (χ0n) is 21.2. The summed E-state index contributed by atoms with van der Waals surface area (Å²) in [4.78, 5) is 0. The van der Waals surface area contributed by atoms with Crippen molar-refractivity contribution in [3.05, 3.63) is 117 Å². The molecule has 1 aliphatic rings. The predicted octanol–water partition coefficient (Wildman–Crippen LogP) is 8.75. The minimum absolute atomic E-state index is 0.0582. The maximum Gasteiger partial charge on any atom is 0.128 e. The number of benzene rings is 4. The maximum atomic E-state index is 6.27. The SMILES string of the molecule is COc1ccc(-c2cc(-c3ccc(Cl)cc3)n3c2C(c2ccc(Br)cc2)c2c(OC)cc(OC)cc2-3)cc1. The number of aromatic nitrogens is 1. The molecular formula is C32H25BrClNO3. The molecule has 38 heavy (non-hydrogen) atoms. The van der Waals surface area contributed by atoms with Gasteiger partial charge in [0.05, 0.1) is 38.6 Å². The smallest absolute Gasteiger partial charge is 0.128 e. The molecule has 4 nitrogen and oxygen atoms in total. The van der Waals surface area contributed by atoms with Crippen LogP contribution in [0.1, 0.15) is 22.7 Å². The molecule has 0 fully saturated rings. The van der Waals surface area contributed by atoms with Crippen molar-refractivity contribution in [2.75, 3.05) is 21.3 Å². The Balaban J connectivity index is 1.71. The number of hydrogen-bond donors (Lipinski definition) is 0. The summed E-state index contributed by atoms with van der Waals surface area (Å²) < 4.78 is 20.5. The van der Waals surface area contributed by atoms with Crippen LogP contribution in [-0.2, 0) is 0 Å². The van der Waals surface area contributed by atoms with Gasteiger partial charge in [0.2, 0.25) is 0 Å². The van der Waals surface area contributed by atoms with E-state index in [9.17, 15) is 0 Å². The van der Waals surface area contributed by atoms with Gasteiger partial charge in [-0.1, -0.05) is 63.9 Å². The molecule has 0 saturated carbocycles. The summed E-state index contributed by atoms with van der Waals surface area (Å²) in [7, 11) is 5.08. The highest BCUT2D eigenvalue weighted by molar-refractivity contribution is 9.10. The van der Waals surface area contributed by atoms with Gasteiger partial charge in [-0.25, -0.2) is 0 Å². The zero-order chi connectivity index (χ0) is 26.4. The molecule has 190 valence electrons.